The number of hydrogen-bond donors (Lipinski definition) is 1. The van der Waals surface area contributed by atoms with Crippen molar-refractivity contribution in [2.75, 3.05) is 20.8 Å². The Labute approximate surface area is 195 Å². The summed E-state index contributed by atoms with van der Waals surface area (Å²) in [6.07, 6.45) is 4.07. The third-order valence-corrected chi connectivity index (χ3v) is 6.46. The van der Waals surface area contributed by atoms with Gasteiger partial charge in [-0.2, -0.15) is 0 Å². The fraction of sp³-hybridized carbons (Fsp3) is 0.333. The molecule has 9 heteroatoms. The number of thiazole rings is 1. The van der Waals surface area contributed by atoms with Crippen LogP contribution in [0.5, 0.6) is 11.5 Å². The number of aryl methyl sites for hydroxylation is 2. The third-order valence-electron chi connectivity index (χ3n) is 5.36. The predicted octanol–water partition coefficient (Wildman–Crippen LogP) is 3.55. The molecule has 33 heavy (non-hydrogen) atoms. The number of nitrogens with one attached hydrogen (secondary N) is 1. The standard InChI is InChI=1S/C24H26N4O4S/c1-31-19-13-16-18(14-20(19)32-2)26-15-28(24(16)30)12-6-9-22(29)25-11-5-10-23-27-17-7-3-4-8-21(17)33-23/h3-4,7-8,13-15H,5-6,9-12H2,1-2H3,(H,25,29). The van der Waals surface area contributed by atoms with Crippen molar-refractivity contribution in [3.8, 4) is 11.5 Å². The molecule has 1 N–H and O–H groups in total. The molecule has 2 heterocycles. The van der Waals surface area contributed by atoms with Crippen molar-refractivity contribution in [1.82, 2.24) is 19.9 Å². The zero-order chi connectivity index (χ0) is 23.2. The lowest BCUT2D eigenvalue weighted by atomic mass is 10.2. The molecule has 0 aliphatic carbocycles. The molecule has 2 aromatic heterocycles. The molecule has 0 saturated heterocycles. The molecule has 0 radical (unpaired) electrons. The molecule has 4 aromatic rings. The van der Waals surface area contributed by atoms with Crippen LogP contribution in [0.1, 0.15) is 24.3 Å². The average molecular weight is 467 g/mol. The number of nitrogens with zero attached hydrogens (tertiary/aromatic N) is 3. The Kier molecular flexibility index (Phi) is 7.19. The summed E-state index contributed by atoms with van der Waals surface area (Å²) in [5.41, 5.74) is 1.40. The van der Waals surface area contributed by atoms with E-state index < -0.39 is 0 Å². The van der Waals surface area contributed by atoms with Gasteiger partial charge in [-0.3, -0.25) is 14.2 Å². The highest BCUT2D eigenvalue weighted by molar-refractivity contribution is 7.18. The summed E-state index contributed by atoms with van der Waals surface area (Å²) >= 11 is 1.70. The average Bonchev–Trinajstić information content (AvgIpc) is 3.25. The zero-order valence-corrected chi connectivity index (χ0v) is 19.5. The van der Waals surface area contributed by atoms with E-state index in [1.165, 1.54) is 29.8 Å². The van der Waals surface area contributed by atoms with Crippen molar-refractivity contribution in [3.63, 3.8) is 0 Å². The highest BCUT2D eigenvalue weighted by Crippen LogP contribution is 2.29. The van der Waals surface area contributed by atoms with E-state index >= 15 is 0 Å². The van der Waals surface area contributed by atoms with Crippen molar-refractivity contribution in [2.24, 2.45) is 0 Å². The monoisotopic (exact) mass is 466 g/mol. The maximum absolute atomic E-state index is 12.8. The Morgan fingerprint density at radius 3 is 2.67 bits per heavy atom. The molecule has 0 saturated carbocycles. The maximum Gasteiger partial charge on any atom is 0.261 e. The van der Waals surface area contributed by atoms with Crippen LogP contribution < -0.4 is 20.3 Å². The first kappa shape index (κ1) is 22.7. The summed E-state index contributed by atoms with van der Waals surface area (Å²) in [7, 11) is 3.06. The van der Waals surface area contributed by atoms with Gasteiger partial charge in [0.1, 0.15) is 0 Å². The Hall–Kier alpha value is -3.46. The first-order valence-corrected chi connectivity index (χ1v) is 11.6. The fourth-order valence-electron chi connectivity index (χ4n) is 3.64. The molecule has 2 aromatic carbocycles. The van der Waals surface area contributed by atoms with Crippen molar-refractivity contribution in [1.29, 1.82) is 0 Å². The number of aromatic nitrogens is 3. The molecule has 0 unspecified atom stereocenters. The number of benzene rings is 2. The van der Waals surface area contributed by atoms with Crippen molar-refractivity contribution in [3.05, 3.63) is 58.1 Å². The summed E-state index contributed by atoms with van der Waals surface area (Å²) in [6, 6.07) is 11.4. The second-order valence-electron chi connectivity index (χ2n) is 7.60. The van der Waals surface area contributed by atoms with E-state index in [1.54, 1.807) is 23.5 Å². The highest BCUT2D eigenvalue weighted by atomic mass is 32.1. The quantitative estimate of drug-likeness (QED) is 0.359. The lowest BCUT2D eigenvalue weighted by Gasteiger charge is -2.10. The number of carbonyl (C=O) groups excluding carboxylic acids is 1. The third kappa shape index (κ3) is 5.31. The topological polar surface area (TPSA) is 95.3 Å². The van der Waals surface area contributed by atoms with Crippen LogP contribution in [0.4, 0.5) is 0 Å². The van der Waals surface area contributed by atoms with Gasteiger partial charge in [0.15, 0.2) is 11.5 Å². The van der Waals surface area contributed by atoms with Crippen LogP contribution >= 0.6 is 11.3 Å². The largest absolute Gasteiger partial charge is 0.493 e. The van der Waals surface area contributed by atoms with Crippen LogP contribution in [0, 0.1) is 0 Å². The van der Waals surface area contributed by atoms with Gasteiger partial charge in [-0.1, -0.05) is 12.1 Å². The predicted molar refractivity (Wildman–Crippen MR) is 129 cm³/mol. The van der Waals surface area contributed by atoms with Gasteiger partial charge in [-0.05, 0) is 31.0 Å². The summed E-state index contributed by atoms with van der Waals surface area (Å²) in [6.45, 7) is 1.02. The summed E-state index contributed by atoms with van der Waals surface area (Å²) < 4.78 is 13.3. The van der Waals surface area contributed by atoms with Crippen LogP contribution in [0.3, 0.4) is 0 Å². The van der Waals surface area contributed by atoms with E-state index in [4.69, 9.17) is 9.47 Å². The molecule has 0 aliphatic rings. The van der Waals surface area contributed by atoms with Crippen LogP contribution in [0.15, 0.2) is 47.5 Å². The maximum atomic E-state index is 12.8. The summed E-state index contributed by atoms with van der Waals surface area (Å²) in [5.74, 6) is 0.980. The van der Waals surface area contributed by atoms with Gasteiger partial charge in [0.25, 0.3) is 5.56 Å². The number of para-hydroxylation sites is 1. The van der Waals surface area contributed by atoms with Gasteiger partial charge >= 0.3 is 0 Å². The van der Waals surface area contributed by atoms with Gasteiger partial charge in [-0.15, -0.1) is 11.3 Å². The Bertz CT molecular complexity index is 1300. The van der Waals surface area contributed by atoms with Crippen molar-refractivity contribution >= 4 is 38.4 Å². The van der Waals surface area contributed by atoms with Gasteiger partial charge in [-0.25, -0.2) is 9.97 Å². The normalized spacial score (nSPS) is 11.1. The zero-order valence-electron chi connectivity index (χ0n) is 18.7. The van der Waals surface area contributed by atoms with Gasteiger partial charge in [0.05, 0.1) is 46.7 Å². The van der Waals surface area contributed by atoms with Crippen LogP contribution in [0.2, 0.25) is 0 Å². The van der Waals surface area contributed by atoms with Gasteiger partial charge in [0, 0.05) is 32.0 Å². The second-order valence-corrected chi connectivity index (χ2v) is 8.72. The summed E-state index contributed by atoms with van der Waals surface area (Å²) in [4.78, 5) is 33.9. The Balaban J connectivity index is 1.25. The minimum Gasteiger partial charge on any atom is -0.493 e. The molecule has 0 fully saturated rings. The van der Waals surface area contributed by atoms with Crippen molar-refractivity contribution < 1.29 is 14.3 Å². The number of fused-ring (bicyclic) bond motifs is 2. The van der Waals surface area contributed by atoms with Crippen LogP contribution in [0.25, 0.3) is 21.1 Å². The first-order valence-electron chi connectivity index (χ1n) is 10.8. The van der Waals surface area contributed by atoms with E-state index in [0.717, 1.165) is 23.4 Å². The minimum absolute atomic E-state index is 0.0208. The van der Waals surface area contributed by atoms with E-state index in [0.29, 0.717) is 48.3 Å². The lowest BCUT2D eigenvalue weighted by Crippen LogP contribution is -2.26. The molecular weight excluding hydrogens is 440 g/mol. The minimum atomic E-state index is -0.169. The fourth-order valence-corrected chi connectivity index (χ4v) is 4.65. The second kappa shape index (κ2) is 10.4. The number of methoxy groups -OCH3 is 2. The van der Waals surface area contributed by atoms with E-state index in [-0.39, 0.29) is 11.5 Å². The van der Waals surface area contributed by atoms with Crippen LogP contribution in [-0.4, -0.2) is 41.2 Å². The number of amides is 1. The smallest absolute Gasteiger partial charge is 0.261 e. The van der Waals surface area contributed by atoms with Gasteiger partial charge in [0.2, 0.25) is 5.91 Å². The van der Waals surface area contributed by atoms with Crippen molar-refractivity contribution in [2.45, 2.75) is 32.2 Å². The number of carbonyl (C=O) groups is 1. The molecule has 8 nitrogen and oxygen atoms in total. The number of rotatable bonds is 10. The molecule has 4 rings (SSSR count). The van der Waals surface area contributed by atoms with E-state index in [9.17, 15) is 9.59 Å². The molecule has 0 spiro atoms. The van der Waals surface area contributed by atoms with Crippen LogP contribution in [-0.2, 0) is 17.8 Å². The molecular formula is C24H26N4O4S. The lowest BCUT2D eigenvalue weighted by molar-refractivity contribution is -0.121. The molecule has 0 bridgehead atoms. The summed E-state index contributed by atoms with van der Waals surface area (Å²) in [5, 5.41) is 4.49. The molecule has 1 amide bonds. The number of ether oxygens (including phenoxy) is 2. The van der Waals surface area contributed by atoms with E-state index in [1.807, 2.05) is 18.2 Å². The molecule has 0 atom stereocenters. The number of hydrogen-bond acceptors (Lipinski definition) is 7. The first-order chi connectivity index (χ1) is 16.1. The molecule has 172 valence electrons. The highest BCUT2D eigenvalue weighted by Gasteiger charge is 2.11. The van der Waals surface area contributed by atoms with Gasteiger partial charge < -0.3 is 14.8 Å². The van der Waals surface area contributed by atoms with E-state index in [2.05, 4.69) is 21.4 Å². The SMILES string of the molecule is COc1cc2ncn(CCCC(=O)NCCCc3nc4ccccc4s3)c(=O)c2cc1OC. The Morgan fingerprint density at radius 1 is 1.09 bits per heavy atom. The Morgan fingerprint density at radius 2 is 1.88 bits per heavy atom. The molecule has 0 aliphatic heterocycles.